The lowest BCUT2D eigenvalue weighted by molar-refractivity contribution is -0.119. The van der Waals surface area contributed by atoms with E-state index in [1.54, 1.807) is 51.3 Å². The SMILES string of the molecule is CC[C@H](C(=O)Nc1ccc(OC)c(Cl)c1)n1nc(-c2cccc(OC)c2)c2c(C)onc2c1=O. The molecule has 2 aromatic carbocycles. The van der Waals surface area contributed by atoms with Crippen molar-refractivity contribution in [3.63, 3.8) is 0 Å². The summed E-state index contributed by atoms with van der Waals surface area (Å²) in [6.07, 6.45) is 0.308. The molecule has 0 aliphatic carbocycles. The Hall–Kier alpha value is -3.85. The highest BCUT2D eigenvalue weighted by molar-refractivity contribution is 6.32. The molecule has 176 valence electrons. The average Bonchev–Trinajstić information content (AvgIpc) is 3.23. The second-order valence-electron chi connectivity index (χ2n) is 7.56. The smallest absolute Gasteiger partial charge is 0.297 e. The van der Waals surface area contributed by atoms with Gasteiger partial charge in [-0.25, -0.2) is 4.68 Å². The molecule has 9 nitrogen and oxygen atoms in total. The molecule has 1 atom stereocenters. The average molecular weight is 483 g/mol. The Bertz CT molecular complexity index is 1430. The van der Waals surface area contributed by atoms with Crippen LogP contribution in [0.2, 0.25) is 5.02 Å². The Labute approximate surface area is 200 Å². The van der Waals surface area contributed by atoms with Gasteiger partial charge in [0.25, 0.3) is 5.56 Å². The molecular weight excluding hydrogens is 460 g/mol. The first-order valence-electron chi connectivity index (χ1n) is 10.6. The van der Waals surface area contributed by atoms with Crippen molar-refractivity contribution in [3.8, 4) is 22.8 Å². The topological polar surface area (TPSA) is 108 Å². The van der Waals surface area contributed by atoms with Gasteiger partial charge < -0.3 is 19.3 Å². The fourth-order valence-electron chi connectivity index (χ4n) is 3.73. The first-order valence-corrected chi connectivity index (χ1v) is 10.9. The number of nitrogens with one attached hydrogen (secondary N) is 1. The minimum Gasteiger partial charge on any atom is -0.497 e. The van der Waals surface area contributed by atoms with E-state index in [4.69, 9.17) is 25.6 Å². The fourth-order valence-corrected chi connectivity index (χ4v) is 3.99. The van der Waals surface area contributed by atoms with Crippen LogP contribution in [0.3, 0.4) is 0 Å². The number of hydrogen-bond donors (Lipinski definition) is 1. The molecular formula is C24H23ClN4O5. The maximum absolute atomic E-state index is 13.3. The van der Waals surface area contributed by atoms with Crippen LogP contribution in [0.15, 0.2) is 51.8 Å². The van der Waals surface area contributed by atoms with E-state index in [2.05, 4.69) is 15.6 Å². The summed E-state index contributed by atoms with van der Waals surface area (Å²) in [7, 11) is 3.07. The zero-order valence-electron chi connectivity index (χ0n) is 19.1. The van der Waals surface area contributed by atoms with E-state index in [0.29, 0.717) is 51.0 Å². The minimum atomic E-state index is -0.904. The van der Waals surface area contributed by atoms with Crippen LogP contribution in [0.25, 0.3) is 22.2 Å². The summed E-state index contributed by atoms with van der Waals surface area (Å²) in [6.45, 7) is 3.50. The summed E-state index contributed by atoms with van der Waals surface area (Å²) in [5, 5.41) is 12.2. The van der Waals surface area contributed by atoms with Crippen molar-refractivity contribution in [2.75, 3.05) is 19.5 Å². The highest BCUT2D eigenvalue weighted by Gasteiger charge is 2.26. The number of ether oxygens (including phenoxy) is 2. The van der Waals surface area contributed by atoms with Gasteiger partial charge in [-0.2, -0.15) is 5.10 Å². The van der Waals surface area contributed by atoms with E-state index in [9.17, 15) is 9.59 Å². The monoisotopic (exact) mass is 482 g/mol. The van der Waals surface area contributed by atoms with Crippen LogP contribution in [-0.4, -0.2) is 35.1 Å². The molecule has 2 aromatic heterocycles. The lowest BCUT2D eigenvalue weighted by Gasteiger charge is -2.18. The molecule has 0 bridgehead atoms. The third kappa shape index (κ3) is 4.22. The summed E-state index contributed by atoms with van der Waals surface area (Å²) in [6, 6.07) is 11.2. The van der Waals surface area contributed by atoms with Crippen LogP contribution in [0.1, 0.15) is 25.1 Å². The molecule has 0 unspecified atom stereocenters. The van der Waals surface area contributed by atoms with Gasteiger partial charge in [0.15, 0.2) is 5.52 Å². The molecule has 1 amide bonds. The quantitative estimate of drug-likeness (QED) is 0.409. The zero-order chi connectivity index (χ0) is 24.4. The molecule has 0 radical (unpaired) electrons. The number of methoxy groups -OCH3 is 2. The van der Waals surface area contributed by atoms with Gasteiger partial charge in [-0.15, -0.1) is 0 Å². The Balaban J connectivity index is 1.80. The molecule has 0 fully saturated rings. The molecule has 2 heterocycles. The normalized spacial score (nSPS) is 11.9. The highest BCUT2D eigenvalue weighted by atomic mass is 35.5. The van der Waals surface area contributed by atoms with Crippen molar-refractivity contribution in [3.05, 3.63) is 63.6 Å². The van der Waals surface area contributed by atoms with Crippen molar-refractivity contribution in [1.29, 1.82) is 0 Å². The number of anilines is 1. The van der Waals surface area contributed by atoms with E-state index in [0.717, 1.165) is 4.68 Å². The third-order valence-electron chi connectivity index (χ3n) is 5.46. The molecule has 34 heavy (non-hydrogen) atoms. The van der Waals surface area contributed by atoms with Gasteiger partial charge in [-0.3, -0.25) is 9.59 Å². The van der Waals surface area contributed by atoms with E-state index in [1.807, 2.05) is 12.1 Å². The first-order chi connectivity index (χ1) is 16.4. The van der Waals surface area contributed by atoms with Gasteiger partial charge in [-0.05, 0) is 43.7 Å². The summed E-state index contributed by atoms with van der Waals surface area (Å²) in [5.41, 5.74) is 1.21. The van der Waals surface area contributed by atoms with Crippen molar-refractivity contribution < 1.29 is 18.8 Å². The fraction of sp³-hybridized carbons (Fsp3) is 0.250. The second kappa shape index (κ2) is 9.56. The molecule has 0 spiro atoms. The maximum atomic E-state index is 13.3. The molecule has 0 aliphatic rings. The standard InChI is InChI=1S/C24H23ClN4O5/c1-5-18(23(30)26-15-9-10-19(33-4)17(25)12-15)29-24(31)22-20(13(2)34-28-22)21(27-29)14-7-6-8-16(11-14)32-3/h6-12,18H,5H2,1-4H3,(H,26,30)/t18-/m1/s1. The van der Waals surface area contributed by atoms with Gasteiger partial charge in [-0.1, -0.05) is 35.8 Å². The molecule has 1 N–H and O–H groups in total. The molecule has 4 rings (SSSR count). The van der Waals surface area contributed by atoms with Crippen LogP contribution in [-0.2, 0) is 4.79 Å². The Kier molecular flexibility index (Phi) is 6.56. The largest absolute Gasteiger partial charge is 0.497 e. The first kappa shape index (κ1) is 23.3. The number of aryl methyl sites for hydroxylation is 1. The lowest BCUT2D eigenvalue weighted by Crippen LogP contribution is -2.35. The summed E-state index contributed by atoms with van der Waals surface area (Å²) in [5.74, 6) is 1.14. The van der Waals surface area contributed by atoms with E-state index < -0.39 is 17.5 Å². The van der Waals surface area contributed by atoms with Crippen molar-refractivity contribution >= 4 is 34.1 Å². The number of benzene rings is 2. The zero-order valence-corrected chi connectivity index (χ0v) is 19.8. The Morgan fingerprint density at radius 2 is 2.00 bits per heavy atom. The van der Waals surface area contributed by atoms with Crippen molar-refractivity contribution in [2.45, 2.75) is 26.3 Å². The van der Waals surface area contributed by atoms with Crippen LogP contribution in [0.4, 0.5) is 5.69 Å². The van der Waals surface area contributed by atoms with Crippen LogP contribution in [0, 0.1) is 6.92 Å². The molecule has 10 heteroatoms. The molecule has 0 saturated carbocycles. The van der Waals surface area contributed by atoms with Crippen molar-refractivity contribution in [1.82, 2.24) is 14.9 Å². The summed E-state index contributed by atoms with van der Waals surface area (Å²) in [4.78, 5) is 26.5. The number of rotatable bonds is 7. The number of amides is 1. The second-order valence-corrected chi connectivity index (χ2v) is 7.96. The Morgan fingerprint density at radius 3 is 2.68 bits per heavy atom. The van der Waals surface area contributed by atoms with Crippen LogP contribution >= 0.6 is 11.6 Å². The number of hydrogen-bond acceptors (Lipinski definition) is 7. The predicted octanol–water partition coefficient (Wildman–Crippen LogP) is 4.62. The van der Waals surface area contributed by atoms with Gasteiger partial charge in [0.05, 0.1) is 24.6 Å². The number of halogens is 1. The minimum absolute atomic E-state index is 0.101. The van der Waals surface area contributed by atoms with Crippen LogP contribution < -0.4 is 20.3 Å². The van der Waals surface area contributed by atoms with Gasteiger partial charge in [0.1, 0.15) is 29.0 Å². The predicted molar refractivity (Wildman–Crippen MR) is 129 cm³/mol. The summed E-state index contributed by atoms with van der Waals surface area (Å²) >= 11 is 6.18. The van der Waals surface area contributed by atoms with Crippen LogP contribution in [0.5, 0.6) is 11.5 Å². The lowest BCUT2D eigenvalue weighted by atomic mass is 10.1. The van der Waals surface area contributed by atoms with Gasteiger partial charge in [0.2, 0.25) is 5.91 Å². The van der Waals surface area contributed by atoms with E-state index in [-0.39, 0.29) is 5.52 Å². The number of nitrogens with zero attached hydrogens (tertiary/aromatic N) is 3. The summed E-state index contributed by atoms with van der Waals surface area (Å²) < 4.78 is 16.9. The van der Waals surface area contributed by atoms with Gasteiger partial charge >= 0.3 is 0 Å². The number of carbonyl (C=O) groups excluding carboxylic acids is 1. The maximum Gasteiger partial charge on any atom is 0.297 e. The highest BCUT2D eigenvalue weighted by Crippen LogP contribution is 2.31. The van der Waals surface area contributed by atoms with Crippen molar-refractivity contribution in [2.24, 2.45) is 0 Å². The number of fused-ring (bicyclic) bond motifs is 1. The molecule has 0 aliphatic heterocycles. The Morgan fingerprint density at radius 1 is 1.21 bits per heavy atom. The third-order valence-corrected chi connectivity index (χ3v) is 5.76. The molecule has 0 saturated heterocycles. The van der Waals surface area contributed by atoms with E-state index >= 15 is 0 Å². The van der Waals surface area contributed by atoms with Gasteiger partial charge in [0, 0.05) is 11.3 Å². The molecule has 4 aromatic rings. The van der Waals surface area contributed by atoms with E-state index in [1.165, 1.54) is 7.11 Å². The number of aromatic nitrogens is 3. The number of carbonyl (C=O) groups is 1.